The van der Waals surface area contributed by atoms with Crippen molar-refractivity contribution in [1.29, 1.82) is 0 Å². The summed E-state index contributed by atoms with van der Waals surface area (Å²) in [5.74, 6) is 0.196. The third-order valence-electron chi connectivity index (χ3n) is 3.13. The predicted molar refractivity (Wildman–Crippen MR) is 82.1 cm³/mol. The number of nitrogens with zero attached hydrogens (tertiary/aromatic N) is 1. The van der Waals surface area contributed by atoms with Gasteiger partial charge < -0.3 is 4.90 Å². The van der Waals surface area contributed by atoms with Gasteiger partial charge in [-0.25, -0.2) is 0 Å². The molecule has 98 valence electrons. The molecule has 0 radical (unpaired) electrons. The number of anilines is 1. The fourth-order valence-electron chi connectivity index (χ4n) is 2.28. The molecule has 0 bridgehead atoms. The minimum absolute atomic E-state index is 0.196. The summed E-state index contributed by atoms with van der Waals surface area (Å²) in [5.41, 5.74) is 1.06. The van der Waals surface area contributed by atoms with Crippen molar-refractivity contribution >= 4 is 34.7 Å². The topological polar surface area (TPSA) is 20.3 Å². The first-order valence-corrected chi connectivity index (χ1v) is 8.08. The smallest absolute Gasteiger partial charge is 0.232 e. The van der Waals surface area contributed by atoms with Crippen molar-refractivity contribution in [3.63, 3.8) is 0 Å². The number of rotatable bonds is 2. The molecule has 1 atom stereocenters. The molecule has 0 saturated heterocycles. The van der Waals surface area contributed by atoms with Crippen LogP contribution in [0.25, 0.3) is 0 Å². The molecule has 0 N–H and O–H groups in total. The molecular weight excluding hydrogens is 274 g/mol. The first-order chi connectivity index (χ1) is 9.24. The van der Waals surface area contributed by atoms with E-state index < -0.39 is 0 Å². The Morgan fingerprint density at radius 1 is 1.32 bits per heavy atom. The van der Waals surface area contributed by atoms with Gasteiger partial charge >= 0.3 is 0 Å². The van der Waals surface area contributed by atoms with Gasteiger partial charge in [-0.1, -0.05) is 25.1 Å². The molecule has 2 aromatic rings. The van der Waals surface area contributed by atoms with E-state index in [-0.39, 0.29) is 5.91 Å². The van der Waals surface area contributed by atoms with Crippen molar-refractivity contribution in [2.24, 2.45) is 0 Å². The highest BCUT2D eigenvalue weighted by Crippen LogP contribution is 2.38. The summed E-state index contributed by atoms with van der Waals surface area (Å²) in [6.07, 6.45) is 0.503. The molecule has 3 rings (SSSR count). The summed E-state index contributed by atoms with van der Waals surface area (Å²) >= 11 is 3.49. The monoisotopic (exact) mass is 289 g/mol. The Morgan fingerprint density at radius 3 is 2.95 bits per heavy atom. The van der Waals surface area contributed by atoms with Gasteiger partial charge in [-0.15, -0.1) is 23.1 Å². The summed E-state index contributed by atoms with van der Waals surface area (Å²) in [6, 6.07) is 12.2. The van der Waals surface area contributed by atoms with Crippen LogP contribution in [0.1, 0.15) is 11.8 Å². The van der Waals surface area contributed by atoms with Gasteiger partial charge in [0, 0.05) is 21.6 Å². The van der Waals surface area contributed by atoms with Gasteiger partial charge in [0.05, 0.1) is 12.1 Å². The average Bonchev–Trinajstić information content (AvgIpc) is 2.90. The zero-order valence-corrected chi connectivity index (χ0v) is 12.3. The van der Waals surface area contributed by atoms with E-state index in [0.29, 0.717) is 11.7 Å². The van der Waals surface area contributed by atoms with E-state index >= 15 is 0 Å². The second-order valence-corrected chi connectivity index (χ2v) is 7.17. The van der Waals surface area contributed by atoms with Crippen LogP contribution in [-0.4, -0.2) is 17.7 Å². The molecule has 4 heteroatoms. The molecule has 1 aliphatic rings. The van der Waals surface area contributed by atoms with Crippen molar-refractivity contribution in [3.8, 4) is 0 Å². The normalized spacial score (nSPS) is 18.2. The van der Waals surface area contributed by atoms with E-state index in [9.17, 15) is 4.79 Å². The maximum Gasteiger partial charge on any atom is 0.232 e. The fraction of sp³-hybridized carbons (Fsp3) is 0.267. The van der Waals surface area contributed by atoms with Crippen LogP contribution < -0.4 is 4.90 Å². The van der Waals surface area contributed by atoms with Gasteiger partial charge in [0.25, 0.3) is 0 Å². The standard InChI is InChI=1S/C15H15NOS2/c1-11-10-16(13-6-2-3-7-14(13)19-11)15(17)9-12-5-4-8-18-12/h2-8,11H,9-10H2,1H3. The molecule has 2 heterocycles. The molecule has 1 amide bonds. The van der Waals surface area contributed by atoms with E-state index in [1.165, 1.54) is 4.90 Å². The van der Waals surface area contributed by atoms with Crippen LogP contribution in [0.2, 0.25) is 0 Å². The first kappa shape index (κ1) is 12.8. The fourth-order valence-corrected chi connectivity index (χ4v) is 4.09. The van der Waals surface area contributed by atoms with Gasteiger partial charge in [-0.05, 0) is 23.6 Å². The minimum atomic E-state index is 0.196. The van der Waals surface area contributed by atoms with Crippen molar-refractivity contribution in [2.45, 2.75) is 23.5 Å². The molecule has 1 aliphatic heterocycles. The number of hydrogen-bond acceptors (Lipinski definition) is 3. The zero-order chi connectivity index (χ0) is 13.2. The quantitative estimate of drug-likeness (QED) is 0.837. The third-order valence-corrected chi connectivity index (χ3v) is 5.16. The lowest BCUT2D eigenvalue weighted by Crippen LogP contribution is -2.39. The van der Waals surface area contributed by atoms with Crippen molar-refractivity contribution in [1.82, 2.24) is 0 Å². The second-order valence-electron chi connectivity index (χ2n) is 4.66. The Labute approximate surface area is 121 Å². The van der Waals surface area contributed by atoms with E-state index in [1.807, 2.05) is 52.4 Å². The van der Waals surface area contributed by atoms with E-state index in [0.717, 1.165) is 17.1 Å². The number of para-hydroxylation sites is 1. The number of benzene rings is 1. The molecule has 0 saturated carbocycles. The number of hydrogen-bond donors (Lipinski definition) is 0. The van der Waals surface area contributed by atoms with Crippen LogP contribution in [0.4, 0.5) is 5.69 Å². The van der Waals surface area contributed by atoms with Gasteiger partial charge in [0.15, 0.2) is 0 Å². The predicted octanol–water partition coefficient (Wildman–Crippen LogP) is 3.82. The van der Waals surface area contributed by atoms with Crippen LogP contribution in [0.15, 0.2) is 46.7 Å². The second kappa shape index (κ2) is 5.39. The van der Waals surface area contributed by atoms with Crippen LogP contribution in [0.3, 0.4) is 0 Å². The number of thiophene rings is 1. The molecule has 0 aliphatic carbocycles. The van der Waals surface area contributed by atoms with Gasteiger partial charge in [-0.3, -0.25) is 4.79 Å². The Balaban J connectivity index is 1.86. The Hall–Kier alpha value is -1.26. The lowest BCUT2D eigenvalue weighted by atomic mass is 10.2. The molecule has 19 heavy (non-hydrogen) atoms. The van der Waals surface area contributed by atoms with Crippen molar-refractivity contribution in [2.75, 3.05) is 11.4 Å². The molecular formula is C15H15NOS2. The SMILES string of the molecule is CC1CN(C(=O)Cc2cccs2)c2ccccc2S1. The highest BCUT2D eigenvalue weighted by atomic mass is 32.2. The number of carbonyl (C=O) groups is 1. The summed E-state index contributed by atoms with van der Waals surface area (Å²) in [7, 11) is 0. The summed E-state index contributed by atoms with van der Waals surface area (Å²) in [4.78, 5) is 16.8. The minimum Gasteiger partial charge on any atom is -0.310 e. The van der Waals surface area contributed by atoms with Crippen LogP contribution in [0.5, 0.6) is 0 Å². The number of fused-ring (bicyclic) bond motifs is 1. The lowest BCUT2D eigenvalue weighted by Gasteiger charge is -2.32. The molecule has 1 aromatic heterocycles. The lowest BCUT2D eigenvalue weighted by molar-refractivity contribution is -0.118. The van der Waals surface area contributed by atoms with Gasteiger partial charge in [0.2, 0.25) is 5.91 Å². The van der Waals surface area contributed by atoms with E-state index in [4.69, 9.17) is 0 Å². The number of carbonyl (C=O) groups excluding carboxylic acids is 1. The number of thioether (sulfide) groups is 1. The highest BCUT2D eigenvalue weighted by Gasteiger charge is 2.26. The summed E-state index contributed by atoms with van der Waals surface area (Å²) < 4.78 is 0. The van der Waals surface area contributed by atoms with Gasteiger partial charge in [-0.2, -0.15) is 0 Å². The third kappa shape index (κ3) is 2.69. The first-order valence-electron chi connectivity index (χ1n) is 6.32. The number of amides is 1. The maximum atomic E-state index is 12.5. The maximum absolute atomic E-state index is 12.5. The van der Waals surface area contributed by atoms with Crippen LogP contribution >= 0.6 is 23.1 Å². The Bertz CT molecular complexity index is 580. The largest absolute Gasteiger partial charge is 0.310 e. The van der Waals surface area contributed by atoms with Crippen molar-refractivity contribution in [3.05, 3.63) is 46.7 Å². The van der Waals surface area contributed by atoms with E-state index in [2.05, 4.69) is 13.0 Å². The summed E-state index contributed by atoms with van der Waals surface area (Å²) in [5, 5.41) is 2.47. The molecule has 0 fully saturated rings. The Kier molecular flexibility index (Phi) is 3.62. The molecule has 1 aromatic carbocycles. The Morgan fingerprint density at radius 2 is 2.16 bits per heavy atom. The van der Waals surface area contributed by atoms with Crippen LogP contribution in [-0.2, 0) is 11.2 Å². The molecule has 0 spiro atoms. The average molecular weight is 289 g/mol. The molecule has 1 unspecified atom stereocenters. The van der Waals surface area contributed by atoms with E-state index in [1.54, 1.807) is 11.3 Å². The highest BCUT2D eigenvalue weighted by molar-refractivity contribution is 8.00. The van der Waals surface area contributed by atoms with Gasteiger partial charge in [0.1, 0.15) is 0 Å². The summed E-state index contributed by atoms with van der Waals surface area (Å²) in [6.45, 7) is 2.97. The van der Waals surface area contributed by atoms with Crippen molar-refractivity contribution < 1.29 is 4.79 Å². The zero-order valence-electron chi connectivity index (χ0n) is 10.7. The molecule has 2 nitrogen and oxygen atoms in total. The van der Waals surface area contributed by atoms with Crippen LogP contribution in [0, 0.1) is 0 Å².